The van der Waals surface area contributed by atoms with E-state index in [1.807, 2.05) is 0 Å². The van der Waals surface area contributed by atoms with Gasteiger partial charge in [-0.25, -0.2) is 13.2 Å². The lowest BCUT2D eigenvalue weighted by Crippen LogP contribution is -2.15. The van der Waals surface area contributed by atoms with Gasteiger partial charge in [-0.15, -0.1) is 0 Å². The van der Waals surface area contributed by atoms with Crippen LogP contribution in [0.1, 0.15) is 0 Å². The van der Waals surface area contributed by atoms with Gasteiger partial charge in [-0.05, 0) is 0 Å². The molecule has 0 bridgehead atoms. The fourth-order valence-corrected chi connectivity index (χ4v) is 1.26. The lowest BCUT2D eigenvalue weighted by Gasteiger charge is -2.06. The lowest BCUT2D eigenvalue weighted by atomic mass is 10.6. The van der Waals surface area contributed by atoms with Crippen molar-refractivity contribution in [2.75, 3.05) is 20.4 Å². The standard InChI is InChI=1S/C6H11NO4S/c1-7(2)4-5(6(8)9)12(3,10)11/h4H,1-3H3,(H,8,9)/b5-4-. The maximum absolute atomic E-state index is 10.8. The summed E-state index contributed by atoms with van der Waals surface area (Å²) >= 11 is 0. The Morgan fingerprint density at radius 3 is 1.92 bits per heavy atom. The van der Waals surface area contributed by atoms with Crippen LogP contribution in [-0.2, 0) is 14.6 Å². The summed E-state index contributed by atoms with van der Waals surface area (Å²) in [5.41, 5.74) is 0. The second-order valence-corrected chi connectivity index (χ2v) is 4.52. The maximum Gasteiger partial charge on any atom is 0.348 e. The second kappa shape index (κ2) is 3.57. The molecule has 70 valence electrons. The third-order valence-corrected chi connectivity index (χ3v) is 2.06. The van der Waals surface area contributed by atoms with E-state index in [1.54, 1.807) is 14.1 Å². The molecule has 1 N–H and O–H groups in total. The Hall–Kier alpha value is -1.04. The maximum atomic E-state index is 10.8. The molecule has 0 aromatic heterocycles. The first kappa shape index (κ1) is 11.0. The van der Waals surface area contributed by atoms with Gasteiger partial charge in [-0.1, -0.05) is 0 Å². The highest BCUT2D eigenvalue weighted by Crippen LogP contribution is 2.04. The van der Waals surface area contributed by atoms with Crippen LogP contribution in [0.15, 0.2) is 11.1 Å². The molecule has 5 nitrogen and oxygen atoms in total. The van der Waals surface area contributed by atoms with Crippen molar-refractivity contribution in [2.24, 2.45) is 0 Å². The number of aliphatic carboxylic acids is 1. The van der Waals surface area contributed by atoms with Crippen molar-refractivity contribution in [3.05, 3.63) is 11.1 Å². The summed E-state index contributed by atoms with van der Waals surface area (Å²) in [6, 6.07) is 0. The predicted octanol–water partition coefficient (Wildman–Crippen LogP) is -0.481. The van der Waals surface area contributed by atoms with E-state index in [-0.39, 0.29) is 0 Å². The topological polar surface area (TPSA) is 74.7 Å². The van der Waals surface area contributed by atoms with Crippen LogP contribution in [0.2, 0.25) is 0 Å². The molecule has 0 rings (SSSR count). The third kappa shape index (κ3) is 3.38. The summed E-state index contributed by atoms with van der Waals surface area (Å²) in [6.07, 6.45) is 1.91. The molecule has 0 aliphatic carbocycles. The zero-order chi connectivity index (χ0) is 9.94. The Labute approximate surface area is 71.2 Å². The zero-order valence-electron chi connectivity index (χ0n) is 7.10. The molecular weight excluding hydrogens is 182 g/mol. The van der Waals surface area contributed by atoms with Crippen LogP contribution in [-0.4, -0.2) is 44.7 Å². The molecule has 0 aromatic rings. The van der Waals surface area contributed by atoms with Gasteiger partial charge in [0.05, 0.1) is 0 Å². The van der Waals surface area contributed by atoms with Crippen LogP contribution in [0.4, 0.5) is 0 Å². The van der Waals surface area contributed by atoms with Crippen molar-refractivity contribution in [3.8, 4) is 0 Å². The Morgan fingerprint density at radius 2 is 1.83 bits per heavy atom. The lowest BCUT2D eigenvalue weighted by molar-refractivity contribution is -0.131. The van der Waals surface area contributed by atoms with Crippen molar-refractivity contribution < 1.29 is 18.3 Å². The van der Waals surface area contributed by atoms with E-state index in [0.29, 0.717) is 0 Å². The summed E-state index contributed by atoms with van der Waals surface area (Å²) < 4.78 is 21.7. The van der Waals surface area contributed by atoms with Gasteiger partial charge >= 0.3 is 5.97 Å². The van der Waals surface area contributed by atoms with Crippen LogP contribution >= 0.6 is 0 Å². The van der Waals surface area contributed by atoms with Crippen LogP contribution in [0.3, 0.4) is 0 Å². The van der Waals surface area contributed by atoms with Gasteiger partial charge in [0.15, 0.2) is 14.7 Å². The van der Waals surface area contributed by atoms with Gasteiger partial charge in [0.25, 0.3) is 0 Å². The normalized spacial score (nSPS) is 12.8. The molecule has 0 spiro atoms. The summed E-state index contributed by atoms with van der Waals surface area (Å²) in [5.74, 6) is -1.44. The first-order valence-corrected chi connectivity index (χ1v) is 4.96. The van der Waals surface area contributed by atoms with E-state index >= 15 is 0 Å². The van der Waals surface area contributed by atoms with Crippen molar-refractivity contribution >= 4 is 15.8 Å². The summed E-state index contributed by atoms with van der Waals surface area (Å²) in [6.45, 7) is 0. The number of nitrogens with zero attached hydrogens (tertiary/aromatic N) is 1. The van der Waals surface area contributed by atoms with Crippen molar-refractivity contribution in [3.63, 3.8) is 0 Å². The molecule has 0 aliphatic rings. The molecule has 0 radical (unpaired) electrons. The number of carboxylic acids is 1. The Kier molecular flexibility index (Phi) is 3.26. The Bertz CT molecular complexity index is 302. The van der Waals surface area contributed by atoms with Gasteiger partial charge in [0.2, 0.25) is 0 Å². The average molecular weight is 193 g/mol. The number of sulfone groups is 1. The molecule has 6 heteroatoms. The van der Waals surface area contributed by atoms with Gasteiger partial charge in [-0.3, -0.25) is 0 Å². The number of hydrogen-bond donors (Lipinski definition) is 1. The molecule has 0 amide bonds. The summed E-state index contributed by atoms with van der Waals surface area (Å²) in [5, 5.41) is 8.48. The van der Waals surface area contributed by atoms with Crippen LogP contribution < -0.4 is 0 Å². The number of hydrogen-bond acceptors (Lipinski definition) is 4. The van der Waals surface area contributed by atoms with Gasteiger partial charge in [-0.2, -0.15) is 0 Å². The summed E-state index contributed by atoms with van der Waals surface area (Å²) in [4.78, 5) is 11.2. The van der Waals surface area contributed by atoms with E-state index in [0.717, 1.165) is 12.5 Å². The second-order valence-electron chi connectivity index (χ2n) is 2.53. The molecule has 0 aromatic carbocycles. The van der Waals surface area contributed by atoms with Crippen molar-refractivity contribution in [2.45, 2.75) is 0 Å². The number of carbonyl (C=O) groups is 1. The van der Waals surface area contributed by atoms with E-state index < -0.39 is 20.7 Å². The monoisotopic (exact) mass is 193 g/mol. The predicted molar refractivity (Wildman–Crippen MR) is 44.2 cm³/mol. The third-order valence-electron chi connectivity index (χ3n) is 0.986. The van der Waals surface area contributed by atoms with Crippen molar-refractivity contribution in [1.82, 2.24) is 4.90 Å². The molecule has 0 atom stereocenters. The zero-order valence-corrected chi connectivity index (χ0v) is 7.92. The van der Waals surface area contributed by atoms with E-state index in [4.69, 9.17) is 5.11 Å². The number of carboxylic acid groups (broad SMARTS) is 1. The van der Waals surface area contributed by atoms with Crippen molar-refractivity contribution in [1.29, 1.82) is 0 Å². The minimum absolute atomic E-state index is 0.604. The minimum Gasteiger partial charge on any atom is -0.477 e. The smallest absolute Gasteiger partial charge is 0.348 e. The molecule has 0 fully saturated rings. The Morgan fingerprint density at radius 1 is 1.42 bits per heavy atom. The molecule has 0 heterocycles. The highest BCUT2D eigenvalue weighted by Gasteiger charge is 2.19. The Balaban J connectivity index is 5.09. The fraction of sp³-hybridized carbons (Fsp3) is 0.500. The molecule has 0 saturated heterocycles. The average Bonchev–Trinajstić information content (AvgIpc) is 1.79. The van der Waals surface area contributed by atoms with E-state index in [9.17, 15) is 13.2 Å². The highest BCUT2D eigenvalue weighted by atomic mass is 32.2. The SMILES string of the molecule is CN(C)/C=C(/C(=O)O)S(C)(=O)=O. The van der Waals surface area contributed by atoms with Gasteiger partial charge < -0.3 is 10.0 Å². The first-order valence-electron chi connectivity index (χ1n) is 3.06. The molecule has 0 aliphatic heterocycles. The molecule has 0 unspecified atom stereocenters. The minimum atomic E-state index is -3.64. The summed E-state index contributed by atoms with van der Waals surface area (Å²) in [7, 11) is -0.540. The highest BCUT2D eigenvalue weighted by molar-refractivity contribution is 7.95. The van der Waals surface area contributed by atoms with Crippen LogP contribution in [0.5, 0.6) is 0 Å². The first-order chi connectivity index (χ1) is 5.25. The van der Waals surface area contributed by atoms with Gasteiger partial charge in [0.1, 0.15) is 0 Å². The molecular formula is C6H11NO4S. The van der Waals surface area contributed by atoms with Crippen LogP contribution in [0, 0.1) is 0 Å². The van der Waals surface area contributed by atoms with Gasteiger partial charge in [0, 0.05) is 26.6 Å². The molecule has 12 heavy (non-hydrogen) atoms. The van der Waals surface area contributed by atoms with Crippen LogP contribution in [0.25, 0.3) is 0 Å². The van der Waals surface area contributed by atoms with E-state index in [1.165, 1.54) is 4.90 Å². The molecule has 0 saturated carbocycles. The number of rotatable bonds is 3. The van der Waals surface area contributed by atoms with E-state index in [2.05, 4.69) is 0 Å². The largest absolute Gasteiger partial charge is 0.477 e. The fourth-order valence-electron chi connectivity index (χ4n) is 0.544. The quantitative estimate of drug-likeness (QED) is 0.613.